The Morgan fingerprint density at radius 2 is 2.00 bits per heavy atom. The molecule has 0 amide bonds. The molecule has 2 N–H and O–H groups in total. The van der Waals surface area contributed by atoms with Crippen LogP contribution in [0.4, 0.5) is 5.82 Å². The fourth-order valence-corrected chi connectivity index (χ4v) is 2.67. The van der Waals surface area contributed by atoms with Gasteiger partial charge in [-0.15, -0.1) is 0 Å². The van der Waals surface area contributed by atoms with Crippen LogP contribution in [0.25, 0.3) is 0 Å². The maximum Gasteiger partial charge on any atom is 0.263 e. The van der Waals surface area contributed by atoms with Gasteiger partial charge in [-0.05, 0) is 30.7 Å². The lowest BCUT2D eigenvalue weighted by Gasteiger charge is -2.08. The molecular weight excluding hydrogens is 266 g/mol. The molecule has 0 aliphatic rings. The van der Waals surface area contributed by atoms with E-state index in [1.54, 1.807) is 18.3 Å². The van der Waals surface area contributed by atoms with Crippen LogP contribution in [0.1, 0.15) is 12.5 Å². The van der Waals surface area contributed by atoms with Crippen LogP contribution in [0.5, 0.6) is 5.75 Å². The molecule has 0 unspecified atom stereocenters. The SMILES string of the molecule is CCc1cn[nH]c1NS(=O)(=O)c1ccc(OC)cc1. The monoisotopic (exact) mass is 281 g/mol. The number of benzene rings is 1. The van der Waals surface area contributed by atoms with Crippen LogP contribution in [0.15, 0.2) is 35.4 Å². The quantitative estimate of drug-likeness (QED) is 0.875. The molecule has 2 aromatic rings. The number of H-pyrrole nitrogens is 1. The first-order valence-corrected chi connectivity index (χ1v) is 7.24. The topological polar surface area (TPSA) is 84.1 Å². The van der Waals surface area contributed by atoms with E-state index in [1.807, 2.05) is 6.92 Å². The number of hydrogen-bond donors (Lipinski definition) is 2. The molecule has 102 valence electrons. The molecule has 7 heteroatoms. The summed E-state index contributed by atoms with van der Waals surface area (Å²) >= 11 is 0. The third-order valence-corrected chi connectivity index (χ3v) is 4.07. The van der Waals surface area contributed by atoms with Gasteiger partial charge >= 0.3 is 0 Å². The van der Waals surface area contributed by atoms with Crippen molar-refractivity contribution in [2.75, 3.05) is 11.8 Å². The molecule has 19 heavy (non-hydrogen) atoms. The van der Waals surface area contributed by atoms with Crippen molar-refractivity contribution in [3.63, 3.8) is 0 Å². The third kappa shape index (κ3) is 2.87. The van der Waals surface area contributed by atoms with Gasteiger partial charge in [0.15, 0.2) is 0 Å². The second kappa shape index (κ2) is 5.31. The van der Waals surface area contributed by atoms with Crippen LogP contribution < -0.4 is 9.46 Å². The number of nitrogens with zero attached hydrogens (tertiary/aromatic N) is 1. The Morgan fingerprint density at radius 3 is 2.58 bits per heavy atom. The summed E-state index contributed by atoms with van der Waals surface area (Å²) in [6.07, 6.45) is 2.29. The van der Waals surface area contributed by atoms with Crippen molar-refractivity contribution in [3.8, 4) is 5.75 Å². The van der Waals surface area contributed by atoms with Crippen molar-refractivity contribution in [3.05, 3.63) is 36.0 Å². The molecule has 1 heterocycles. The highest BCUT2D eigenvalue weighted by molar-refractivity contribution is 7.92. The number of aromatic nitrogens is 2. The van der Waals surface area contributed by atoms with Gasteiger partial charge in [0.05, 0.1) is 18.2 Å². The average Bonchev–Trinajstić information content (AvgIpc) is 2.85. The van der Waals surface area contributed by atoms with Crippen LogP contribution in [0.2, 0.25) is 0 Å². The van der Waals surface area contributed by atoms with E-state index >= 15 is 0 Å². The van der Waals surface area contributed by atoms with Gasteiger partial charge in [-0.25, -0.2) is 8.42 Å². The van der Waals surface area contributed by atoms with Crippen LogP contribution >= 0.6 is 0 Å². The molecule has 0 fully saturated rings. The van der Waals surface area contributed by atoms with E-state index < -0.39 is 10.0 Å². The fraction of sp³-hybridized carbons (Fsp3) is 0.250. The molecular formula is C12H15N3O3S. The summed E-state index contributed by atoms with van der Waals surface area (Å²) in [5, 5.41) is 6.47. The minimum absolute atomic E-state index is 0.171. The van der Waals surface area contributed by atoms with Crippen molar-refractivity contribution in [2.24, 2.45) is 0 Å². The number of aryl methyl sites for hydroxylation is 1. The molecule has 0 saturated carbocycles. The number of rotatable bonds is 5. The minimum atomic E-state index is -3.62. The number of anilines is 1. The van der Waals surface area contributed by atoms with Crippen molar-refractivity contribution >= 4 is 15.8 Å². The van der Waals surface area contributed by atoms with Crippen molar-refractivity contribution in [1.82, 2.24) is 10.2 Å². The molecule has 1 aromatic carbocycles. The standard InChI is InChI=1S/C12H15N3O3S/c1-3-9-8-13-14-12(9)15-19(16,17)11-6-4-10(18-2)5-7-11/h4-8H,3H2,1-2H3,(H2,13,14,15). The Morgan fingerprint density at radius 1 is 1.32 bits per heavy atom. The second-order valence-corrected chi connectivity index (χ2v) is 5.59. The predicted octanol–water partition coefficient (Wildman–Crippen LogP) is 1.78. The van der Waals surface area contributed by atoms with Crippen LogP contribution in [0.3, 0.4) is 0 Å². The van der Waals surface area contributed by atoms with E-state index in [0.29, 0.717) is 18.0 Å². The Labute approximate surface area is 111 Å². The summed E-state index contributed by atoms with van der Waals surface area (Å²) in [7, 11) is -2.09. The summed E-state index contributed by atoms with van der Waals surface area (Å²) in [6, 6.07) is 6.18. The molecule has 0 saturated heterocycles. The number of hydrogen-bond acceptors (Lipinski definition) is 4. The summed E-state index contributed by atoms with van der Waals surface area (Å²) in [4.78, 5) is 0.171. The van der Waals surface area contributed by atoms with E-state index in [1.165, 1.54) is 19.2 Å². The predicted molar refractivity (Wildman–Crippen MR) is 71.8 cm³/mol. The van der Waals surface area contributed by atoms with E-state index in [-0.39, 0.29) is 4.90 Å². The summed E-state index contributed by atoms with van der Waals surface area (Å²) in [5.41, 5.74) is 0.817. The first kappa shape index (κ1) is 13.4. The first-order valence-electron chi connectivity index (χ1n) is 5.76. The number of ether oxygens (including phenoxy) is 1. The van der Waals surface area contributed by atoms with Gasteiger partial charge in [-0.2, -0.15) is 5.10 Å². The van der Waals surface area contributed by atoms with Gasteiger partial charge in [0.2, 0.25) is 0 Å². The smallest absolute Gasteiger partial charge is 0.263 e. The largest absolute Gasteiger partial charge is 0.497 e. The average molecular weight is 281 g/mol. The minimum Gasteiger partial charge on any atom is -0.497 e. The van der Waals surface area contributed by atoms with E-state index in [2.05, 4.69) is 14.9 Å². The Hall–Kier alpha value is -2.02. The highest BCUT2D eigenvalue weighted by atomic mass is 32.2. The number of nitrogens with one attached hydrogen (secondary N) is 2. The van der Waals surface area contributed by atoms with Gasteiger partial charge in [-0.1, -0.05) is 6.92 Å². The van der Waals surface area contributed by atoms with Gasteiger partial charge < -0.3 is 4.74 Å². The van der Waals surface area contributed by atoms with Gasteiger partial charge in [0, 0.05) is 5.56 Å². The number of aromatic amines is 1. The van der Waals surface area contributed by atoms with Crippen molar-refractivity contribution < 1.29 is 13.2 Å². The highest BCUT2D eigenvalue weighted by Crippen LogP contribution is 2.20. The zero-order valence-corrected chi connectivity index (χ0v) is 11.5. The van der Waals surface area contributed by atoms with Crippen LogP contribution in [0, 0.1) is 0 Å². The molecule has 0 aliphatic carbocycles. The van der Waals surface area contributed by atoms with E-state index in [0.717, 1.165) is 5.56 Å². The fourth-order valence-electron chi connectivity index (χ4n) is 1.62. The molecule has 0 radical (unpaired) electrons. The third-order valence-electron chi connectivity index (χ3n) is 2.70. The lowest BCUT2D eigenvalue weighted by atomic mass is 10.3. The van der Waals surface area contributed by atoms with Crippen molar-refractivity contribution in [1.29, 1.82) is 0 Å². The molecule has 6 nitrogen and oxygen atoms in total. The maximum absolute atomic E-state index is 12.2. The lowest BCUT2D eigenvalue weighted by Crippen LogP contribution is -2.14. The van der Waals surface area contributed by atoms with E-state index in [4.69, 9.17) is 4.74 Å². The van der Waals surface area contributed by atoms with Gasteiger partial charge in [0.25, 0.3) is 10.0 Å². The van der Waals surface area contributed by atoms with Gasteiger partial charge in [-0.3, -0.25) is 9.82 Å². The molecule has 0 bridgehead atoms. The highest BCUT2D eigenvalue weighted by Gasteiger charge is 2.16. The lowest BCUT2D eigenvalue weighted by molar-refractivity contribution is 0.414. The number of methoxy groups -OCH3 is 1. The summed E-state index contributed by atoms with van der Waals surface area (Å²) in [5.74, 6) is 1.01. The summed E-state index contributed by atoms with van der Waals surface area (Å²) in [6.45, 7) is 1.93. The zero-order chi connectivity index (χ0) is 13.9. The molecule has 0 spiro atoms. The molecule has 0 aliphatic heterocycles. The van der Waals surface area contributed by atoms with Crippen LogP contribution in [-0.4, -0.2) is 25.7 Å². The molecule has 2 rings (SSSR count). The maximum atomic E-state index is 12.2. The van der Waals surface area contributed by atoms with Gasteiger partial charge in [0.1, 0.15) is 11.6 Å². The van der Waals surface area contributed by atoms with Crippen molar-refractivity contribution in [2.45, 2.75) is 18.2 Å². The Balaban J connectivity index is 2.27. The number of sulfonamides is 1. The second-order valence-electron chi connectivity index (χ2n) is 3.90. The Kier molecular flexibility index (Phi) is 3.75. The molecule has 1 aromatic heterocycles. The van der Waals surface area contributed by atoms with E-state index in [9.17, 15) is 8.42 Å². The summed E-state index contributed by atoms with van der Waals surface area (Å²) < 4.78 is 31.8. The van der Waals surface area contributed by atoms with Crippen LogP contribution in [-0.2, 0) is 16.4 Å². The first-order chi connectivity index (χ1) is 9.06. The Bertz CT molecular complexity index is 647. The zero-order valence-electron chi connectivity index (χ0n) is 10.7. The molecule has 0 atom stereocenters. The normalized spacial score (nSPS) is 11.3.